The number of ether oxygens (including phenoxy) is 2. The van der Waals surface area contributed by atoms with Crippen molar-refractivity contribution in [2.45, 2.75) is 115 Å². The van der Waals surface area contributed by atoms with Crippen molar-refractivity contribution in [3.63, 3.8) is 0 Å². The fourth-order valence-corrected chi connectivity index (χ4v) is 10.5. The van der Waals surface area contributed by atoms with E-state index < -0.39 is 36.5 Å². The first kappa shape index (κ1) is 47.9. The number of aromatic nitrogens is 2. The van der Waals surface area contributed by atoms with Crippen molar-refractivity contribution in [2.24, 2.45) is 11.5 Å². The molecule has 356 valence electrons. The van der Waals surface area contributed by atoms with Crippen molar-refractivity contribution in [1.29, 1.82) is 0 Å². The fourth-order valence-electron chi connectivity index (χ4n) is 9.15. The second-order valence-electron chi connectivity index (χ2n) is 17.3. The van der Waals surface area contributed by atoms with Gasteiger partial charge in [-0.15, -0.1) is 22.7 Å². The Bertz CT molecular complexity index is 2610. The molecule has 0 saturated carbocycles. The van der Waals surface area contributed by atoms with Gasteiger partial charge in [-0.1, -0.05) is 51.0 Å². The number of nitrogens with zero attached hydrogens (tertiary/aromatic N) is 2. The summed E-state index contributed by atoms with van der Waals surface area (Å²) in [4.78, 5) is 88.7. The number of carbonyl (C=O) groups is 6. The van der Waals surface area contributed by atoms with Gasteiger partial charge in [0.05, 0.1) is 13.1 Å². The van der Waals surface area contributed by atoms with Crippen LogP contribution in [0.5, 0.6) is 0 Å². The normalized spacial score (nSPS) is 18.1. The highest BCUT2D eigenvalue weighted by Crippen LogP contribution is 2.34. The zero-order valence-electron chi connectivity index (χ0n) is 37.9. The van der Waals surface area contributed by atoms with Crippen LogP contribution >= 0.6 is 22.7 Å². The lowest BCUT2D eigenvalue weighted by Gasteiger charge is -2.23. The number of esters is 2. The number of aryl methyl sites for hydroxylation is 2. The molecule has 2 aromatic carbocycles. The average Bonchev–Trinajstić information content (AvgIpc) is 4.21. The number of carbonyl (C=O) groups excluding carboxylic acids is 6. The Morgan fingerprint density at radius 1 is 0.662 bits per heavy atom. The van der Waals surface area contributed by atoms with Crippen LogP contribution in [0.15, 0.2) is 96.0 Å². The largest absolute Gasteiger partial charge is 0.443 e. The number of hydrogen-bond donors (Lipinski definition) is 6. The molecule has 8 rings (SSSR count). The van der Waals surface area contributed by atoms with E-state index in [4.69, 9.17) is 20.9 Å². The number of urea groups is 2. The third kappa shape index (κ3) is 10.9. The Kier molecular flexibility index (Phi) is 15.2. The van der Waals surface area contributed by atoms with Gasteiger partial charge in [-0.3, -0.25) is 30.9 Å². The Hall–Kier alpha value is -6.60. The summed E-state index contributed by atoms with van der Waals surface area (Å²) < 4.78 is 11.3. The lowest BCUT2D eigenvalue weighted by atomic mass is 9.91. The molecule has 2 saturated heterocycles. The van der Waals surface area contributed by atoms with Crippen molar-refractivity contribution in [3.8, 4) is 0 Å². The van der Waals surface area contributed by atoms with Crippen LogP contribution in [0.4, 0.5) is 9.59 Å². The molecule has 6 aromatic rings. The maximum atomic E-state index is 13.1. The number of H-pyrrole nitrogens is 2. The highest BCUT2D eigenvalue weighted by atomic mass is 32.1. The van der Waals surface area contributed by atoms with Crippen LogP contribution in [0.3, 0.4) is 0 Å². The third-order valence-corrected chi connectivity index (χ3v) is 14.4. The van der Waals surface area contributed by atoms with Crippen LogP contribution in [0.25, 0.3) is 21.8 Å². The molecule has 6 heterocycles. The predicted molar refractivity (Wildman–Crippen MR) is 260 cm³/mol. The highest BCUT2D eigenvalue weighted by Gasteiger charge is 2.39. The lowest BCUT2D eigenvalue weighted by Crippen LogP contribution is -2.34. The van der Waals surface area contributed by atoms with Gasteiger partial charge >= 0.3 is 24.0 Å². The van der Waals surface area contributed by atoms with E-state index >= 15 is 0 Å². The Morgan fingerprint density at radius 3 is 1.47 bits per heavy atom. The zero-order valence-corrected chi connectivity index (χ0v) is 39.5. The van der Waals surface area contributed by atoms with Gasteiger partial charge < -0.3 is 30.1 Å². The van der Waals surface area contributed by atoms with E-state index in [2.05, 4.69) is 20.6 Å². The summed E-state index contributed by atoms with van der Waals surface area (Å²) in [5.41, 5.74) is 18.6. The molecule has 16 nitrogen and oxygen atoms in total. The number of imide groups is 2. The van der Waals surface area contributed by atoms with Crippen LogP contribution in [-0.4, -0.2) is 80.1 Å². The summed E-state index contributed by atoms with van der Waals surface area (Å²) in [6, 6.07) is 17.5. The summed E-state index contributed by atoms with van der Waals surface area (Å²) >= 11 is 2.99. The molecule has 68 heavy (non-hydrogen) atoms. The molecule has 0 aliphatic carbocycles. The van der Waals surface area contributed by atoms with Gasteiger partial charge in [0, 0.05) is 67.9 Å². The Balaban J connectivity index is 0.857. The molecule has 0 spiro atoms. The second kappa shape index (κ2) is 21.6. The molecule has 2 aliphatic rings. The molecule has 4 aromatic heterocycles. The Labute approximate surface area is 401 Å². The first-order valence-electron chi connectivity index (χ1n) is 23.0. The van der Waals surface area contributed by atoms with E-state index in [1.807, 2.05) is 97.7 Å². The van der Waals surface area contributed by atoms with Crippen molar-refractivity contribution < 1.29 is 38.2 Å². The third-order valence-electron chi connectivity index (χ3n) is 12.7. The fraction of sp³-hybridized carbons (Fsp3) is 0.360. The molecule has 0 bridgehead atoms. The molecule has 8 N–H and O–H groups in total. The van der Waals surface area contributed by atoms with Crippen molar-refractivity contribution >= 4 is 80.3 Å². The molecular formula is C50H56N8O8S2. The number of benzene rings is 2. The van der Waals surface area contributed by atoms with Gasteiger partial charge in [0.15, 0.2) is 12.5 Å². The van der Waals surface area contributed by atoms with Gasteiger partial charge in [0.2, 0.25) is 0 Å². The number of hydrogen-bond acceptors (Lipinski definition) is 12. The van der Waals surface area contributed by atoms with Crippen molar-refractivity contribution in [3.05, 3.63) is 128 Å². The number of rotatable bonds is 22. The predicted octanol–water partition coefficient (Wildman–Crippen LogP) is 7.56. The summed E-state index contributed by atoms with van der Waals surface area (Å²) in [6.07, 6.45) is 8.28. The van der Waals surface area contributed by atoms with E-state index in [1.165, 1.54) is 32.5 Å². The topological polar surface area (TPSA) is 235 Å². The van der Waals surface area contributed by atoms with E-state index in [1.54, 1.807) is 0 Å². The molecule has 6 unspecified atom stereocenters. The summed E-state index contributed by atoms with van der Waals surface area (Å²) in [6.45, 7) is 4.53. The number of nitrogens with two attached hydrogens (primary N) is 2. The van der Waals surface area contributed by atoms with Crippen molar-refractivity contribution in [1.82, 2.24) is 30.4 Å². The molecule has 6 atom stereocenters. The van der Waals surface area contributed by atoms with Crippen LogP contribution < -0.4 is 22.1 Å². The first-order valence-corrected chi connectivity index (χ1v) is 24.7. The number of aromatic amines is 2. The number of amides is 6. The molecule has 0 radical (unpaired) electrons. The van der Waals surface area contributed by atoms with E-state index in [0.29, 0.717) is 38.5 Å². The lowest BCUT2D eigenvalue weighted by molar-refractivity contribution is -0.146. The van der Waals surface area contributed by atoms with Gasteiger partial charge in [-0.05, 0) is 108 Å². The SMILES string of the molecule is CCCC(c1c[nH]c2ccc(CCC3NC(=O)N(Cc4cccs4)C3=O)cc12)C(N)OC(=O)/C=C\C(=O)OC(N)C(CCC)c1c[nH]c2ccc(CCC3NC(=O)N(Cc4cccs4)C3=O)cc12. The molecule has 2 aliphatic heterocycles. The second-order valence-corrected chi connectivity index (χ2v) is 19.3. The molecule has 6 amide bonds. The van der Waals surface area contributed by atoms with Crippen LogP contribution in [-0.2, 0) is 54.6 Å². The smallest absolute Gasteiger partial charge is 0.332 e. The molecule has 2 fully saturated rings. The van der Waals surface area contributed by atoms with E-state index in [9.17, 15) is 28.8 Å². The van der Waals surface area contributed by atoms with Crippen molar-refractivity contribution in [2.75, 3.05) is 0 Å². The van der Waals surface area contributed by atoms with E-state index in [0.717, 1.165) is 78.8 Å². The average molecular weight is 961 g/mol. The highest BCUT2D eigenvalue weighted by molar-refractivity contribution is 7.10. The quantitative estimate of drug-likeness (QED) is 0.0169. The monoisotopic (exact) mass is 960 g/mol. The summed E-state index contributed by atoms with van der Waals surface area (Å²) in [7, 11) is 0. The van der Waals surface area contributed by atoms with Gasteiger partial charge in [-0.2, -0.15) is 0 Å². The minimum absolute atomic E-state index is 0.238. The number of fused-ring (bicyclic) bond motifs is 2. The van der Waals surface area contributed by atoms with E-state index in [-0.39, 0.29) is 48.8 Å². The van der Waals surface area contributed by atoms with Crippen LogP contribution in [0, 0.1) is 0 Å². The Morgan fingerprint density at radius 2 is 1.09 bits per heavy atom. The van der Waals surface area contributed by atoms with Gasteiger partial charge in [0.25, 0.3) is 11.8 Å². The number of nitrogens with one attached hydrogen (secondary N) is 4. The number of thiophene rings is 2. The maximum absolute atomic E-state index is 13.1. The van der Waals surface area contributed by atoms with Gasteiger partial charge in [-0.25, -0.2) is 19.2 Å². The standard InChI is InChI=1S/C50H56N8O8S2/c1-3-7-33(37-25-53-39-15-11-29(23-35(37)39)13-17-41-47(61)57(49(63)55-41)27-31-9-5-21-67-31)45(51)65-43(59)19-20-44(60)66-46(52)34(8-4-2)38-26-54-40-16-12-30(24-36(38)40)14-18-42-48(62)58(50(64)56-42)28-32-10-6-22-68-32/h5-6,9-12,15-16,19-26,33-34,41-42,45-46,53-54H,3-4,7-8,13-14,17-18,27-28,51-52H2,1-2H3,(H,55,63)(H,56,64)/b20-19-. The zero-order chi connectivity index (χ0) is 47.9. The first-order chi connectivity index (χ1) is 32.9. The summed E-state index contributed by atoms with van der Waals surface area (Å²) in [5, 5.41) is 11.3. The van der Waals surface area contributed by atoms with Gasteiger partial charge in [0.1, 0.15) is 12.1 Å². The maximum Gasteiger partial charge on any atom is 0.332 e. The van der Waals surface area contributed by atoms with Crippen LogP contribution in [0.2, 0.25) is 0 Å². The minimum atomic E-state index is -1.04. The van der Waals surface area contributed by atoms with Crippen LogP contribution in [0.1, 0.15) is 96.2 Å². The molecular weight excluding hydrogens is 905 g/mol. The molecule has 18 heteroatoms. The summed E-state index contributed by atoms with van der Waals surface area (Å²) in [5.74, 6) is -2.87. The minimum Gasteiger partial charge on any atom is -0.443 e.